The number of rotatable bonds is 5. The minimum absolute atomic E-state index is 0.389. The van der Waals surface area contributed by atoms with E-state index in [1.165, 1.54) is 35.7 Å². The average Bonchev–Trinajstić information content (AvgIpc) is 3.30. The van der Waals surface area contributed by atoms with Crippen LogP contribution >= 0.6 is 11.8 Å². The SMILES string of the molecule is CC(C)c1ncc(N2CCSCC2)c(CNC2CC2)n1. The number of thioether (sulfide) groups is 1. The fraction of sp³-hybridized carbons (Fsp3) is 0.733. The van der Waals surface area contributed by atoms with Crippen LogP contribution < -0.4 is 10.2 Å². The summed E-state index contributed by atoms with van der Waals surface area (Å²) < 4.78 is 0. The van der Waals surface area contributed by atoms with Crippen LogP contribution in [-0.2, 0) is 6.54 Å². The van der Waals surface area contributed by atoms with Crippen LogP contribution in [0.3, 0.4) is 0 Å². The molecule has 0 amide bonds. The lowest BCUT2D eigenvalue weighted by Crippen LogP contribution is -2.34. The number of hydrogen-bond acceptors (Lipinski definition) is 5. The molecule has 1 saturated carbocycles. The van der Waals surface area contributed by atoms with E-state index in [0.29, 0.717) is 5.92 Å². The van der Waals surface area contributed by atoms with E-state index in [-0.39, 0.29) is 0 Å². The number of anilines is 1. The summed E-state index contributed by atoms with van der Waals surface area (Å²) in [7, 11) is 0. The lowest BCUT2D eigenvalue weighted by Gasteiger charge is -2.30. The van der Waals surface area contributed by atoms with Crippen molar-refractivity contribution in [3.8, 4) is 0 Å². The van der Waals surface area contributed by atoms with Gasteiger partial charge in [-0.2, -0.15) is 11.8 Å². The Kier molecular flexibility index (Phi) is 4.46. The van der Waals surface area contributed by atoms with Crippen molar-refractivity contribution in [3.05, 3.63) is 17.7 Å². The summed E-state index contributed by atoms with van der Waals surface area (Å²) in [5.74, 6) is 3.77. The topological polar surface area (TPSA) is 41.1 Å². The second kappa shape index (κ2) is 6.31. The summed E-state index contributed by atoms with van der Waals surface area (Å²) in [5, 5.41) is 3.60. The van der Waals surface area contributed by atoms with E-state index in [1.807, 2.05) is 18.0 Å². The van der Waals surface area contributed by atoms with Crippen LogP contribution in [0.2, 0.25) is 0 Å². The number of nitrogens with zero attached hydrogens (tertiary/aromatic N) is 3. The van der Waals surface area contributed by atoms with Gasteiger partial charge in [0.2, 0.25) is 0 Å². The summed E-state index contributed by atoms with van der Waals surface area (Å²) in [5.41, 5.74) is 2.42. The van der Waals surface area contributed by atoms with Crippen LogP contribution in [-0.4, -0.2) is 40.6 Å². The van der Waals surface area contributed by atoms with E-state index in [1.54, 1.807) is 0 Å². The zero-order chi connectivity index (χ0) is 13.9. The molecule has 0 radical (unpaired) electrons. The van der Waals surface area contributed by atoms with E-state index in [2.05, 4.69) is 29.0 Å². The van der Waals surface area contributed by atoms with Crippen LogP contribution in [0.25, 0.3) is 0 Å². The zero-order valence-electron chi connectivity index (χ0n) is 12.4. The Hall–Kier alpha value is -0.810. The number of nitrogens with one attached hydrogen (secondary N) is 1. The van der Waals surface area contributed by atoms with Gasteiger partial charge in [-0.25, -0.2) is 9.97 Å². The predicted octanol–water partition coefficient (Wildman–Crippen LogP) is 2.41. The molecular weight excluding hydrogens is 268 g/mol. The molecule has 20 heavy (non-hydrogen) atoms. The molecule has 1 aliphatic carbocycles. The van der Waals surface area contributed by atoms with Gasteiger partial charge >= 0.3 is 0 Å². The minimum Gasteiger partial charge on any atom is -0.367 e. The Bertz CT molecular complexity index is 453. The predicted molar refractivity (Wildman–Crippen MR) is 85.5 cm³/mol. The minimum atomic E-state index is 0.389. The molecule has 2 heterocycles. The maximum absolute atomic E-state index is 4.83. The van der Waals surface area contributed by atoms with Crippen LogP contribution in [0.1, 0.15) is 44.1 Å². The first-order valence-electron chi connectivity index (χ1n) is 7.66. The average molecular weight is 292 g/mol. The molecule has 110 valence electrons. The lowest BCUT2D eigenvalue weighted by atomic mass is 10.2. The molecule has 2 aliphatic rings. The summed E-state index contributed by atoms with van der Waals surface area (Å²) in [6.07, 6.45) is 4.68. The van der Waals surface area contributed by atoms with Crippen molar-refractivity contribution in [2.75, 3.05) is 29.5 Å². The van der Waals surface area contributed by atoms with Crippen molar-refractivity contribution >= 4 is 17.4 Å². The van der Waals surface area contributed by atoms with Crippen LogP contribution in [0.4, 0.5) is 5.69 Å². The molecule has 0 spiro atoms. The van der Waals surface area contributed by atoms with Gasteiger partial charge in [0, 0.05) is 43.1 Å². The largest absolute Gasteiger partial charge is 0.367 e. The molecule has 5 heteroatoms. The van der Waals surface area contributed by atoms with Gasteiger partial charge in [0.15, 0.2) is 0 Å². The van der Waals surface area contributed by atoms with Gasteiger partial charge in [0.05, 0.1) is 17.6 Å². The molecule has 1 N–H and O–H groups in total. The van der Waals surface area contributed by atoms with Crippen molar-refractivity contribution in [1.82, 2.24) is 15.3 Å². The van der Waals surface area contributed by atoms with Crippen molar-refractivity contribution in [3.63, 3.8) is 0 Å². The second-order valence-electron chi connectivity index (χ2n) is 5.97. The van der Waals surface area contributed by atoms with Crippen molar-refractivity contribution in [2.24, 2.45) is 0 Å². The van der Waals surface area contributed by atoms with E-state index in [9.17, 15) is 0 Å². The highest BCUT2D eigenvalue weighted by Gasteiger charge is 2.23. The van der Waals surface area contributed by atoms with Crippen LogP contribution in [0.15, 0.2) is 6.20 Å². The molecule has 4 nitrogen and oxygen atoms in total. The molecule has 2 fully saturated rings. The van der Waals surface area contributed by atoms with Crippen molar-refractivity contribution in [1.29, 1.82) is 0 Å². The molecule has 3 rings (SSSR count). The monoisotopic (exact) mass is 292 g/mol. The molecule has 0 atom stereocenters. The summed E-state index contributed by atoms with van der Waals surface area (Å²) in [6.45, 7) is 7.43. The van der Waals surface area contributed by atoms with Gasteiger partial charge in [-0.1, -0.05) is 13.8 Å². The maximum atomic E-state index is 4.83. The highest BCUT2D eigenvalue weighted by atomic mass is 32.2. The normalized spacial score (nSPS) is 19.6. The summed E-state index contributed by atoms with van der Waals surface area (Å²) in [6, 6.07) is 0.720. The Morgan fingerprint density at radius 1 is 1.35 bits per heavy atom. The van der Waals surface area contributed by atoms with Crippen molar-refractivity contribution < 1.29 is 0 Å². The van der Waals surface area contributed by atoms with E-state index in [0.717, 1.165) is 31.5 Å². The highest BCUT2D eigenvalue weighted by molar-refractivity contribution is 7.99. The molecule has 1 aliphatic heterocycles. The van der Waals surface area contributed by atoms with E-state index >= 15 is 0 Å². The third kappa shape index (κ3) is 3.44. The maximum Gasteiger partial charge on any atom is 0.131 e. The zero-order valence-corrected chi connectivity index (χ0v) is 13.2. The standard InChI is InChI=1S/C15H24N4S/c1-11(2)15-17-10-14(19-5-7-20-8-6-19)13(18-15)9-16-12-3-4-12/h10-12,16H,3-9H2,1-2H3. The molecule has 0 aromatic carbocycles. The molecule has 1 aromatic rings. The Balaban J connectivity index is 1.81. The first kappa shape index (κ1) is 14.1. The van der Waals surface area contributed by atoms with Gasteiger partial charge in [-0.15, -0.1) is 0 Å². The first-order chi connectivity index (χ1) is 9.74. The Morgan fingerprint density at radius 2 is 2.10 bits per heavy atom. The fourth-order valence-corrected chi connectivity index (χ4v) is 3.33. The molecule has 1 saturated heterocycles. The third-order valence-electron chi connectivity index (χ3n) is 3.87. The van der Waals surface area contributed by atoms with Crippen molar-refractivity contribution in [2.45, 2.75) is 45.2 Å². The molecular formula is C15H24N4S. The third-order valence-corrected chi connectivity index (χ3v) is 4.81. The van der Waals surface area contributed by atoms with Crippen LogP contribution in [0.5, 0.6) is 0 Å². The van der Waals surface area contributed by atoms with E-state index < -0.39 is 0 Å². The van der Waals surface area contributed by atoms with Gasteiger partial charge in [-0.3, -0.25) is 0 Å². The summed E-state index contributed by atoms with van der Waals surface area (Å²) >= 11 is 2.04. The first-order valence-corrected chi connectivity index (χ1v) is 8.81. The Morgan fingerprint density at radius 3 is 2.75 bits per heavy atom. The van der Waals surface area contributed by atoms with E-state index in [4.69, 9.17) is 4.98 Å². The van der Waals surface area contributed by atoms with Gasteiger partial charge in [-0.05, 0) is 12.8 Å². The van der Waals surface area contributed by atoms with Gasteiger partial charge in [0.1, 0.15) is 5.82 Å². The number of hydrogen-bond donors (Lipinski definition) is 1. The van der Waals surface area contributed by atoms with Gasteiger partial charge in [0.25, 0.3) is 0 Å². The molecule has 0 bridgehead atoms. The molecule has 0 unspecified atom stereocenters. The lowest BCUT2D eigenvalue weighted by molar-refractivity contribution is 0.655. The molecule has 1 aromatic heterocycles. The fourth-order valence-electron chi connectivity index (χ4n) is 2.43. The number of aromatic nitrogens is 2. The van der Waals surface area contributed by atoms with Crippen LogP contribution in [0, 0.1) is 0 Å². The van der Waals surface area contributed by atoms with Gasteiger partial charge < -0.3 is 10.2 Å². The highest BCUT2D eigenvalue weighted by Crippen LogP contribution is 2.25. The smallest absolute Gasteiger partial charge is 0.131 e. The quantitative estimate of drug-likeness (QED) is 0.902. The summed E-state index contributed by atoms with van der Waals surface area (Å²) in [4.78, 5) is 11.8. The second-order valence-corrected chi connectivity index (χ2v) is 7.19. The Labute approximate surface area is 125 Å².